The molecule has 6 heteroatoms. The van der Waals surface area contributed by atoms with E-state index in [-0.39, 0.29) is 5.56 Å². The molecule has 1 aliphatic rings. The predicted molar refractivity (Wildman–Crippen MR) is 67.6 cm³/mol. The Morgan fingerprint density at radius 2 is 2.28 bits per heavy atom. The Balaban J connectivity index is 2.49. The zero-order valence-corrected chi connectivity index (χ0v) is 11.0. The minimum absolute atomic E-state index is 0.276. The third-order valence-electron chi connectivity index (χ3n) is 2.77. The van der Waals surface area contributed by atoms with E-state index in [1.807, 2.05) is 6.07 Å². The van der Waals surface area contributed by atoms with Gasteiger partial charge in [0.05, 0.1) is 12.1 Å². The Morgan fingerprint density at radius 1 is 1.56 bits per heavy atom. The third kappa shape index (κ3) is 2.27. The number of hydrogen-bond donors (Lipinski definition) is 1. The van der Waals surface area contributed by atoms with Crippen LogP contribution in [-0.2, 0) is 0 Å². The summed E-state index contributed by atoms with van der Waals surface area (Å²) in [6.07, 6.45) is 0. The molecule has 0 spiro atoms. The SMILES string of the molecule is CC1=NC(=O)NC(c2cc(Br)ccc2F)C1C#N. The average Bonchev–Trinajstić information content (AvgIpc) is 2.31. The molecule has 18 heavy (non-hydrogen) atoms. The van der Waals surface area contributed by atoms with E-state index in [1.165, 1.54) is 6.07 Å². The number of nitriles is 1. The second-order valence-electron chi connectivity index (χ2n) is 3.95. The third-order valence-corrected chi connectivity index (χ3v) is 3.27. The summed E-state index contributed by atoms with van der Waals surface area (Å²) in [6.45, 7) is 1.59. The number of benzene rings is 1. The number of amides is 2. The summed E-state index contributed by atoms with van der Waals surface area (Å²) < 4.78 is 14.5. The molecule has 4 nitrogen and oxygen atoms in total. The van der Waals surface area contributed by atoms with Crippen molar-refractivity contribution in [2.45, 2.75) is 13.0 Å². The summed E-state index contributed by atoms with van der Waals surface area (Å²) >= 11 is 3.24. The van der Waals surface area contributed by atoms with Gasteiger partial charge in [-0.2, -0.15) is 5.26 Å². The van der Waals surface area contributed by atoms with E-state index in [2.05, 4.69) is 26.2 Å². The monoisotopic (exact) mass is 309 g/mol. The van der Waals surface area contributed by atoms with E-state index >= 15 is 0 Å². The molecule has 2 atom stereocenters. The molecular weight excluding hydrogens is 301 g/mol. The van der Waals surface area contributed by atoms with Gasteiger partial charge >= 0.3 is 6.03 Å². The van der Waals surface area contributed by atoms with Gasteiger partial charge in [0.1, 0.15) is 11.7 Å². The first kappa shape index (κ1) is 12.7. The normalized spacial score (nSPS) is 23.0. The molecule has 0 saturated heterocycles. The lowest BCUT2D eigenvalue weighted by molar-refractivity contribution is 0.242. The maximum atomic E-state index is 13.8. The Labute approximate surface area is 112 Å². The van der Waals surface area contributed by atoms with Crippen LogP contribution in [0.1, 0.15) is 18.5 Å². The number of rotatable bonds is 1. The predicted octanol–water partition coefficient (Wildman–Crippen LogP) is 2.95. The zero-order valence-electron chi connectivity index (χ0n) is 9.45. The quantitative estimate of drug-likeness (QED) is 0.866. The van der Waals surface area contributed by atoms with Crippen LogP contribution in [0.15, 0.2) is 27.7 Å². The standard InChI is InChI=1S/C12H9BrFN3O/c1-6-9(5-15)11(17-12(18)16-6)8-4-7(13)2-3-10(8)14/h2-4,9,11H,1H3,(H,17,18). The molecular formula is C12H9BrFN3O. The molecule has 1 N–H and O–H groups in total. The molecule has 92 valence electrons. The fourth-order valence-corrected chi connectivity index (χ4v) is 2.28. The Bertz CT molecular complexity index is 579. The van der Waals surface area contributed by atoms with Gasteiger partial charge < -0.3 is 5.32 Å². The molecule has 2 rings (SSSR count). The molecule has 0 aliphatic carbocycles. The highest BCUT2D eigenvalue weighted by atomic mass is 79.9. The van der Waals surface area contributed by atoms with Gasteiger partial charge in [0.15, 0.2) is 0 Å². The van der Waals surface area contributed by atoms with Crippen LogP contribution < -0.4 is 5.32 Å². The second-order valence-corrected chi connectivity index (χ2v) is 4.87. The van der Waals surface area contributed by atoms with Crippen LogP contribution in [0.3, 0.4) is 0 Å². The fraction of sp³-hybridized carbons (Fsp3) is 0.250. The van der Waals surface area contributed by atoms with Gasteiger partial charge in [-0.1, -0.05) is 15.9 Å². The van der Waals surface area contributed by atoms with Crippen molar-refractivity contribution in [3.05, 3.63) is 34.1 Å². The summed E-state index contributed by atoms with van der Waals surface area (Å²) in [4.78, 5) is 15.0. The molecule has 0 saturated carbocycles. The Kier molecular flexibility index (Phi) is 3.43. The second kappa shape index (κ2) is 4.86. The van der Waals surface area contributed by atoms with Crippen molar-refractivity contribution in [3.8, 4) is 6.07 Å². The molecule has 1 aromatic rings. The maximum Gasteiger partial charge on any atom is 0.341 e. The van der Waals surface area contributed by atoms with Gasteiger partial charge in [-0.05, 0) is 25.1 Å². The summed E-state index contributed by atoms with van der Waals surface area (Å²) in [6, 6.07) is 5.19. The highest BCUT2D eigenvalue weighted by molar-refractivity contribution is 9.10. The lowest BCUT2D eigenvalue weighted by atomic mass is 9.89. The average molecular weight is 310 g/mol. The van der Waals surface area contributed by atoms with Crippen molar-refractivity contribution in [1.82, 2.24) is 5.32 Å². The number of hydrogen-bond acceptors (Lipinski definition) is 2. The van der Waals surface area contributed by atoms with Gasteiger partial charge in [0.2, 0.25) is 0 Å². The molecule has 1 aromatic carbocycles. The van der Waals surface area contributed by atoms with Gasteiger partial charge in [-0.15, -0.1) is 0 Å². The number of carbonyl (C=O) groups is 1. The fourth-order valence-electron chi connectivity index (χ4n) is 1.90. The minimum atomic E-state index is -0.711. The lowest BCUT2D eigenvalue weighted by Gasteiger charge is -2.27. The zero-order chi connectivity index (χ0) is 13.3. The van der Waals surface area contributed by atoms with Crippen LogP contribution in [0, 0.1) is 23.1 Å². The number of nitrogens with one attached hydrogen (secondary N) is 1. The maximum absolute atomic E-state index is 13.8. The molecule has 2 amide bonds. The first-order chi connectivity index (χ1) is 8.52. The number of urea groups is 1. The molecule has 2 unspecified atom stereocenters. The highest BCUT2D eigenvalue weighted by Gasteiger charge is 2.33. The van der Waals surface area contributed by atoms with Crippen LogP contribution in [0.5, 0.6) is 0 Å². The van der Waals surface area contributed by atoms with Gasteiger partial charge in [0.25, 0.3) is 0 Å². The van der Waals surface area contributed by atoms with E-state index in [1.54, 1.807) is 19.1 Å². The first-order valence-corrected chi connectivity index (χ1v) is 6.02. The van der Waals surface area contributed by atoms with Crippen LogP contribution >= 0.6 is 15.9 Å². The number of aliphatic imine (C=N–C) groups is 1. The van der Waals surface area contributed by atoms with Crippen molar-refractivity contribution >= 4 is 27.7 Å². The van der Waals surface area contributed by atoms with Crippen molar-refractivity contribution in [1.29, 1.82) is 5.26 Å². The van der Waals surface area contributed by atoms with Crippen LogP contribution in [0.25, 0.3) is 0 Å². The smallest absolute Gasteiger partial charge is 0.328 e. The lowest BCUT2D eigenvalue weighted by Crippen LogP contribution is -2.39. The summed E-state index contributed by atoms with van der Waals surface area (Å²) in [7, 11) is 0. The van der Waals surface area contributed by atoms with Gasteiger partial charge in [-0.25, -0.2) is 14.2 Å². The van der Waals surface area contributed by atoms with Crippen molar-refractivity contribution in [3.63, 3.8) is 0 Å². The Morgan fingerprint density at radius 3 is 2.94 bits per heavy atom. The molecule has 0 bridgehead atoms. The van der Waals surface area contributed by atoms with Crippen molar-refractivity contribution < 1.29 is 9.18 Å². The van der Waals surface area contributed by atoms with Crippen molar-refractivity contribution in [2.75, 3.05) is 0 Å². The molecule has 1 aliphatic heterocycles. The molecule has 1 heterocycles. The topological polar surface area (TPSA) is 65.2 Å². The number of nitrogens with zero attached hydrogens (tertiary/aromatic N) is 2. The number of halogens is 2. The molecule has 0 radical (unpaired) electrons. The summed E-state index contributed by atoms with van der Waals surface area (Å²) in [5, 5.41) is 11.6. The van der Waals surface area contributed by atoms with E-state index in [9.17, 15) is 9.18 Å². The van der Waals surface area contributed by atoms with E-state index in [0.717, 1.165) is 0 Å². The van der Waals surface area contributed by atoms with Crippen LogP contribution in [0.4, 0.5) is 9.18 Å². The minimum Gasteiger partial charge on any atom is -0.328 e. The molecule has 0 aromatic heterocycles. The first-order valence-electron chi connectivity index (χ1n) is 5.23. The van der Waals surface area contributed by atoms with Gasteiger partial charge in [0, 0.05) is 15.7 Å². The van der Waals surface area contributed by atoms with E-state index < -0.39 is 23.8 Å². The largest absolute Gasteiger partial charge is 0.341 e. The van der Waals surface area contributed by atoms with Crippen LogP contribution in [-0.4, -0.2) is 11.7 Å². The van der Waals surface area contributed by atoms with Crippen molar-refractivity contribution in [2.24, 2.45) is 10.9 Å². The summed E-state index contributed by atoms with van der Waals surface area (Å²) in [5.74, 6) is -1.12. The van der Waals surface area contributed by atoms with E-state index in [4.69, 9.17) is 5.26 Å². The Hall–Kier alpha value is -1.74. The van der Waals surface area contributed by atoms with Crippen LogP contribution in [0.2, 0.25) is 0 Å². The summed E-state index contributed by atoms with van der Waals surface area (Å²) in [5.41, 5.74) is 0.671. The highest BCUT2D eigenvalue weighted by Crippen LogP contribution is 2.30. The van der Waals surface area contributed by atoms with Gasteiger partial charge in [-0.3, -0.25) is 0 Å². The molecule has 0 fully saturated rings. The van der Waals surface area contributed by atoms with E-state index in [0.29, 0.717) is 10.2 Å². The number of carbonyl (C=O) groups excluding carboxylic acids is 1.